The van der Waals surface area contributed by atoms with Crippen LogP contribution in [0.1, 0.15) is 0 Å². The third-order valence-corrected chi connectivity index (χ3v) is 2.60. The number of aromatic nitrogens is 4. The van der Waals surface area contributed by atoms with E-state index in [2.05, 4.69) is 31.0 Å². The van der Waals surface area contributed by atoms with Crippen LogP contribution < -0.4 is 0 Å². The number of nitrogens with zero attached hydrogens (tertiary/aromatic N) is 4. The number of hydrogen-bond acceptors (Lipinski definition) is 3. The molecule has 0 N–H and O–H groups in total. The Morgan fingerprint density at radius 3 is 2.69 bits per heavy atom. The molecule has 0 spiro atoms. The van der Waals surface area contributed by atoms with Gasteiger partial charge in [0.1, 0.15) is 0 Å². The Labute approximate surface area is 100 Å². The van der Waals surface area contributed by atoms with Crippen LogP contribution in [-0.2, 0) is 0 Å². The van der Waals surface area contributed by atoms with Gasteiger partial charge in [0.2, 0.25) is 4.73 Å². The zero-order chi connectivity index (χ0) is 11.0. The average Bonchev–Trinajstić information content (AvgIpc) is 2.70. The first kappa shape index (κ1) is 9.47. The maximum absolute atomic E-state index is 4.33. The maximum atomic E-state index is 4.33. The van der Waals surface area contributed by atoms with Gasteiger partial charge >= 0.3 is 0 Å². The summed E-state index contributed by atoms with van der Waals surface area (Å²) in [5.41, 5.74) is 1.80. The first-order chi connectivity index (χ1) is 7.84. The van der Waals surface area contributed by atoms with E-state index in [-0.39, 0.29) is 0 Å². The van der Waals surface area contributed by atoms with Crippen LogP contribution in [0.15, 0.2) is 47.3 Å². The summed E-state index contributed by atoms with van der Waals surface area (Å²) in [5, 5.41) is 4.25. The number of benzene rings is 1. The zero-order valence-corrected chi connectivity index (χ0v) is 9.79. The molecule has 16 heavy (non-hydrogen) atoms. The Balaban J connectivity index is 2.31. The summed E-state index contributed by atoms with van der Waals surface area (Å²) in [6, 6.07) is 11.7. The molecule has 0 radical (unpaired) electrons. The van der Waals surface area contributed by atoms with Crippen molar-refractivity contribution in [2.24, 2.45) is 0 Å². The fraction of sp³-hybridized carbons (Fsp3) is 0. The van der Waals surface area contributed by atoms with Crippen molar-refractivity contribution in [3.63, 3.8) is 0 Å². The molecule has 4 nitrogen and oxygen atoms in total. The second kappa shape index (κ2) is 3.68. The van der Waals surface area contributed by atoms with Crippen LogP contribution in [0.3, 0.4) is 0 Å². The van der Waals surface area contributed by atoms with E-state index in [1.165, 1.54) is 0 Å². The van der Waals surface area contributed by atoms with Crippen molar-refractivity contribution in [1.29, 1.82) is 0 Å². The van der Waals surface area contributed by atoms with Crippen molar-refractivity contribution in [2.45, 2.75) is 0 Å². The Morgan fingerprint density at radius 1 is 1.06 bits per heavy atom. The molecule has 3 rings (SSSR count). The summed E-state index contributed by atoms with van der Waals surface area (Å²) in [4.78, 5) is 8.56. The second-order valence-corrected chi connectivity index (χ2v) is 3.99. The molecular weight excluding hydrogens is 268 g/mol. The van der Waals surface area contributed by atoms with Crippen molar-refractivity contribution in [3.05, 3.63) is 47.3 Å². The highest BCUT2D eigenvalue weighted by atomic mass is 79.9. The van der Waals surface area contributed by atoms with Gasteiger partial charge in [0.25, 0.3) is 0 Å². The lowest BCUT2D eigenvalue weighted by Crippen LogP contribution is -1.96. The Hall–Kier alpha value is -1.75. The predicted molar refractivity (Wildman–Crippen MR) is 63.9 cm³/mol. The Kier molecular flexibility index (Phi) is 2.18. The third-order valence-electron chi connectivity index (χ3n) is 2.26. The number of rotatable bonds is 1. The molecule has 3 aromatic rings. The van der Waals surface area contributed by atoms with Gasteiger partial charge in [-0.15, -0.1) is 5.10 Å². The van der Waals surface area contributed by atoms with E-state index >= 15 is 0 Å². The van der Waals surface area contributed by atoms with Gasteiger partial charge in [-0.2, -0.15) is 4.52 Å². The van der Waals surface area contributed by atoms with E-state index in [4.69, 9.17) is 0 Å². The molecule has 1 aromatic carbocycles. The lowest BCUT2D eigenvalue weighted by atomic mass is 10.2. The van der Waals surface area contributed by atoms with Crippen LogP contribution in [0.2, 0.25) is 0 Å². The monoisotopic (exact) mass is 274 g/mol. The maximum Gasteiger partial charge on any atom is 0.218 e. The molecule has 78 valence electrons. The smallest absolute Gasteiger partial charge is 0.218 e. The van der Waals surface area contributed by atoms with Crippen molar-refractivity contribution in [2.75, 3.05) is 0 Å². The quantitative estimate of drug-likeness (QED) is 0.685. The standard InChI is InChI=1S/C11H7BrN4/c12-11-14-9-6-7-13-10(16(9)15-11)8-4-2-1-3-5-8/h1-7H. The van der Waals surface area contributed by atoms with E-state index in [9.17, 15) is 0 Å². The van der Waals surface area contributed by atoms with E-state index in [1.54, 1.807) is 10.7 Å². The van der Waals surface area contributed by atoms with Crippen LogP contribution in [0.25, 0.3) is 17.0 Å². The summed E-state index contributed by atoms with van der Waals surface area (Å²) in [5.74, 6) is 0.788. The van der Waals surface area contributed by atoms with E-state index in [0.29, 0.717) is 4.73 Å². The van der Waals surface area contributed by atoms with Crippen LogP contribution >= 0.6 is 15.9 Å². The minimum absolute atomic E-state index is 0.567. The molecule has 0 unspecified atom stereocenters. The van der Waals surface area contributed by atoms with E-state index in [0.717, 1.165) is 17.0 Å². The van der Waals surface area contributed by atoms with Gasteiger partial charge in [-0.1, -0.05) is 30.3 Å². The molecule has 5 heteroatoms. The third kappa shape index (κ3) is 1.49. The fourth-order valence-electron chi connectivity index (χ4n) is 1.57. The van der Waals surface area contributed by atoms with Gasteiger partial charge in [-0.05, 0) is 15.9 Å². The lowest BCUT2D eigenvalue weighted by Gasteiger charge is -2.01. The predicted octanol–water partition coefficient (Wildman–Crippen LogP) is 2.55. The van der Waals surface area contributed by atoms with Gasteiger partial charge in [0.05, 0.1) is 0 Å². The molecule has 0 saturated heterocycles. The normalized spacial score (nSPS) is 10.8. The van der Waals surface area contributed by atoms with Crippen LogP contribution in [0, 0.1) is 0 Å². The first-order valence-corrected chi connectivity index (χ1v) is 5.56. The highest BCUT2D eigenvalue weighted by Crippen LogP contribution is 2.17. The number of hydrogen-bond donors (Lipinski definition) is 0. The topological polar surface area (TPSA) is 43.1 Å². The van der Waals surface area contributed by atoms with Crippen LogP contribution in [0.4, 0.5) is 0 Å². The summed E-state index contributed by atoms with van der Waals surface area (Å²) in [6.45, 7) is 0. The summed E-state index contributed by atoms with van der Waals surface area (Å²) in [7, 11) is 0. The molecule has 0 aliphatic rings. The fourth-order valence-corrected chi connectivity index (χ4v) is 1.92. The molecule has 0 atom stereocenters. The molecule has 0 aliphatic carbocycles. The summed E-state index contributed by atoms with van der Waals surface area (Å²) < 4.78 is 2.29. The number of fused-ring (bicyclic) bond motifs is 1. The van der Waals surface area contributed by atoms with E-state index < -0.39 is 0 Å². The minimum atomic E-state index is 0.567. The molecule has 0 fully saturated rings. The van der Waals surface area contributed by atoms with Crippen LogP contribution in [-0.4, -0.2) is 19.6 Å². The Morgan fingerprint density at radius 2 is 1.88 bits per heavy atom. The largest absolute Gasteiger partial charge is 0.236 e. The van der Waals surface area contributed by atoms with Crippen LogP contribution in [0.5, 0.6) is 0 Å². The highest BCUT2D eigenvalue weighted by Gasteiger charge is 2.07. The van der Waals surface area contributed by atoms with Crippen molar-refractivity contribution in [1.82, 2.24) is 19.6 Å². The van der Waals surface area contributed by atoms with Crippen molar-refractivity contribution >= 4 is 21.6 Å². The summed E-state index contributed by atoms with van der Waals surface area (Å²) in [6.07, 6.45) is 1.73. The molecule has 2 aromatic heterocycles. The van der Waals surface area contributed by atoms with Gasteiger partial charge < -0.3 is 0 Å². The van der Waals surface area contributed by atoms with Crippen molar-refractivity contribution < 1.29 is 0 Å². The Bertz CT molecular complexity index is 633. The first-order valence-electron chi connectivity index (χ1n) is 4.77. The molecule has 0 aliphatic heterocycles. The van der Waals surface area contributed by atoms with Gasteiger partial charge in [0.15, 0.2) is 11.5 Å². The lowest BCUT2D eigenvalue weighted by molar-refractivity contribution is 0.921. The summed E-state index contributed by atoms with van der Waals surface area (Å²) >= 11 is 3.26. The molecule has 0 bridgehead atoms. The van der Waals surface area contributed by atoms with Gasteiger partial charge in [0, 0.05) is 17.8 Å². The molecule has 0 saturated carbocycles. The zero-order valence-electron chi connectivity index (χ0n) is 8.21. The van der Waals surface area contributed by atoms with E-state index in [1.807, 2.05) is 36.4 Å². The van der Waals surface area contributed by atoms with Gasteiger partial charge in [-0.25, -0.2) is 9.97 Å². The highest BCUT2D eigenvalue weighted by molar-refractivity contribution is 9.10. The average molecular weight is 275 g/mol. The van der Waals surface area contributed by atoms with Crippen molar-refractivity contribution in [3.8, 4) is 11.4 Å². The number of halogens is 1. The second-order valence-electron chi connectivity index (χ2n) is 3.29. The molecule has 0 amide bonds. The molecular formula is C11H7BrN4. The molecule has 2 heterocycles. The minimum Gasteiger partial charge on any atom is -0.236 e. The SMILES string of the molecule is Brc1nc2ccnc(-c3ccccc3)n2n1. The van der Waals surface area contributed by atoms with Gasteiger partial charge in [-0.3, -0.25) is 0 Å².